The predicted molar refractivity (Wildman–Crippen MR) is 85.1 cm³/mol. The van der Waals surface area contributed by atoms with Crippen molar-refractivity contribution in [2.75, 3.05) is 19.7 Å². The van der Waals surface area contributed by atoms with Gasteiger partial charge in [-0.3, -0.25) is 4.79 Å². The van der Waals surface area contributed by atoms with Crippen LogP contribution in [0.25, 0.3) is 0 Å². The van der Waals surface area contributed by atoms with Gasteiger partial charge in [0.05, 0.1) is 5.02 Å². The minimum absolute atomic E-state index is 0.0345. The van der Waals surface area contributed by atoms with E-state index in [4.69, 9.17) is 27.9 Å². The van der Waals surface area contributed by atoms with E-state index in [0.29, 0.717) is 28.3 Å². The van der Waals surface area contributed by atoms with Crippen LogP contribution in [0.1, 0.15) is 25.3 Å². The highest BCUT2D eigenvalue weighted by atomic mass is 35.5. The van der Waals surface area contributed by atoms with Crippen molar-refractivity contribution >= 4 is 29.1 Å². The summed E-state index contributed by atoms with van der Waals surface area (Å²) >= 11 is 12.2. The Labute approximate surface area is 135 Å². The molecular formula is C15H20Cl2N2O2. The molecule has 1 aliphatic rings. The zero-order chi connectivity index (χ0) is 15.2. The molecule has 0 aromatic heterocycles. The van der Waals surface area contributed by atoms with E-state index in [1.165, 1.54) is 12.8 Å². The zero-order valence-corrected chi connectivity index (χ0v) is 13.6. The maximum atomic E-state index is 11.7. The summed E-state index contributed by atoms with van der Waals surface area (Å²) in [5.74, 6) is 1.04. The number of hydrogen-bond acceptors (Lipinski definition) is 3. The summed E-state index contributed by atoms with van der Waals surface area (Å²) in [5, 5.41) is 7.03. The van der Waals surface area contributed by atoms with E-state index in [9.17, 15) is 4.79 Å². The lowest BCUT2D eigenvalue weighted by molar-refractivity contribution is -0.123. The van der Waals surface area contributed by atoms with Gasteiger partial charge in [0.2, 0.25) is 0 Å². The van der Waals surface area contributed by atoms with Gasteiger partial charge >= 0.3 is 0 Å². The molecule has 0 aliphatic heterocycles. The second-order valence-corrected chi connectivity index (χ2v) is 6.04. The molecule has 6 heteroatoms. The Bertz CT molecular complexity index is 505. The third kappa shape index (κ3) is 5.38. The number of amides is 1. The fourth-order valence-corrected chi connectivity index (χ4v) is 2.53. The molecule has 116 valence electrons. The van der Waals surface area contributed by atoms with Crippen LogP contribution in [0.3, 0.4) is 0 Å². The van der Waals surface area contributed by atoms with Gasteiger partial charge in [-0.05, 0) is 37.4 Å². The number of carbonyl (C=O) groups excluding carboxylic acids is 1. The highest BCUT2D eigenvalue weighted by Gasteiger charge is 2.21. The maximum absolute atomic E-state index is 11.7. The van der Waals surface area contributed by atoms with Crippen LogP contribution in [0.15, 0.2) is 12.1 Å². The van der Waals surface area contributed by atoms with Crippen molar-refractivity contribution in [3.8, 4) is 5.75 Å². The van der Waals surface area contributed by atoms with Gasteiger partial charge in [-0.1, -0.05) is 30.1 Å². The van der Waals surface area contributed by atoms with Crippen LogP contribution in [0.2, 0.25) is 10.0 Å². The van der Waals surface area contributed by atoms with Crippen LogP contribution < -0.4 is 15.4 Å². The Morgan fingerprint density at radius 2 is 2.14 bits per heavy atom. The minimum Gasteiger partial charge on any atom is -0.482 e. The Balaban J connectivity index is 1.94. The topological polar surface area (TPSA) is 50.4 Å². The molecule has 2 N–H and O–H groups in total. The quantitative estimate of drug-likeness (QED) is 0.770. The van der Waals surface area contributed by atoms with E-state index in [1.54, 1.807) is 12.1 Å². The fraction of sp³-hybridized carbons (Fsp3) is 0.533. The first kappa shape index (κ1) is 16.4. The Hall–Kier alpha value is -0.970. The van der Waals surface area contributed by atoms with Gasteiger partial charge in [-0.2, -0.15) is 0 Å². The van der Waals surface area contributed by atoms with Crippen molar-refractivity contribution in [3.05, 3.63) is 27.7 Å². The van der Waals surface area contributed by atoms with Gasteiger partial charge in [0, 0.05) is 23.7 Å². The molecular weight excluding hydrogens is 311 g/mol. The first-order chi connectivity index (χ1) is 10.1. The van der Waals surface area contributed by atoms with Crippen molar-refractivity contribution in [3.63, 3.8) is 0 Å². The molecule has 0 spiro atoms. The number of carbonyl (C=O) groups is 1. The summed E-state index contributed by atoms with van der Waals surface area (Å²) in [6.45, 7) is 4.13. The SMILES string of the molecule is CCNCc1cc(Cl)cc(Cl)c1OCC(=O)NCC1CC1. The lowest BCUT2D eigenvalue weighted by Gasteiger charge is -2.14. The molecule has 0 heterocycles. The Morgan fingerprint density at radius 1 is 1.38 bits per heavy atom. The highest BCUT2D eigenvalue weighted by Crippen LogP contribution is 2.32. The maximum Gasteiger partial charge on any atom is 0.257 e. The number of rotatable bonds is 8. The van der Waals surface area contributed by atoms with E-state index < -0.39 is 0 Å². The number of benzene rings is 1. The number of ether oxygens (including phenoxy) is 1. The molecule has 0 bridgehead atoms. The Kier molecular flexibility index (Phi) is 6.15. The molecule has 1 amide bonds. The van der Waals surface area contributed by atoms with Crippen LogP contribution in [-0.4, -0.2) is 25.6 Å². The van der Waals surface area contributed by atoms with Crippen LogP contribution in [0.5, 0.6) is 5.75 Å². The molecule has 1 aromatic rings. The molecule has 0 unspecified atom stereocenters. The van der Waals surface area contributed by atoms with Crippen molar-refractivity contribution in [1.29, 1.82) is 0 Å². The molecule has 0 radical (unpaired) electrons. The largest absolute Gasteiger partial charge is 0.482 e. The average molecular weight is 331 g/mol. The Morgan fingerprint density at radius 3 is 2.81 bits per heavy atom. The molecule has 1 fully saturated rings. The van der Waals surface area contributed by atoms with Crippen molar-refractivity contribution in [1.82, 2.24) is 10.6 Å². The summed E-state index contributed by atoms with van der Waals surface area (Å²) in [4.78, 5) is 11.7. The van der Waals surface area contributed by atoms with Crippen LogP contribution in [0.4, 0.5) is 0 Å². The van der Waals surface area contributed by atoms with Gasteiger partial charge < -0.3 is 15.4 Å². The van der Waals surface area contributed by atoms with E-state index in [-0.39, 0.29) is 12.5 Å². The first-order valence-electron chi connectivity index (χ1n) is 7.18. The average Bonchev–Trinajstić information content (AvgIpc) is 3.25. The van der Waals surface area contributed by atoms with E-state index >= 15 is 0 Å². The van der Waals surface area contributed by atoms with E-state index in [0.717, 1.165) is 18.7 Å². The summed E-state index contributed by atoms with van der Waals surface area (Å²) in [5.41, 5.74) is 0.851. The van der Waals surface area contributed by atoms with Gasteiger partial charge in [0.15, 0.2) is 6.61 Å². The fourth-order valence-electron chi connectivity index (χ4n) is 1.94. The molecule has 21 heavy (non-hydrogen) atoms. The normalized spacial score (nSPS) is 14.0. The van der Waals surface area contributed by atoms with Crippen LogP contribution in [0, 0.1) is 5.92 Å². The minimum atomic E-state index is -0.123. The van der Waals surface area contributed by atoms with Crippen molar-refractivity contribution < 1.29 is 9.53 Å². The molecule has 1 saturated carbocycles. The van der Waals surface area contributed by atoms with Gasteiger partial charge in [-0.15, -0.1) is 0 Å². The third-order valence-electron chi connectivity index (χ3n) is 3.28. The van der Waals surface area contributed by atoms with Crippen LogP contribution >= 0.6 is 23.2 Å². The smallest absolute Gasteiger partial charge is 0.257 e. The molecule has 0 saturated heterocycles. The molecule has 1 aliphatic carbocycles. The monoisotopic (exact) mass is 330 g/mol. The molecule has 4 nitrogen and oxygen atoms in total. The summed E-state index contributed by atoms with van der Waals surface area (Å²) in [6, 6.07) is 3.42. The lowest BCUT2D eigenvalue weighted by Crippen LogP contribution is -2.30. The molecule has 1 aromatic carbocycles. The summed E-state index contributed by atoms with van der Waals surface area (Å²) in [6.07, 6.45) is 2.41. The zero-order valence-electron chi connectivity index (χ0n) is 12.0. The molecule has 0 atom stereocenters. The molecule has 2 rings (SSSR count). The first-order valence-corrected chi connectivity index (χ1v) is 7.94. The number of hydrogen-bond donors (Lipinski definition) is 2. The van der Waals surface area contributed by atoms with Crippen molar-refractivity contribution in [2.45, 2.75) is 26.3 Å². The van der Waals surface area contributed by atoms with Gasteiger partial charge in [0.25, 0.3) is 5.91 Å². The third-order valence-corrected chi connectivity index (χ3v) is 3.78. The van der Waals surface area contributed by atoms with Gasteiger partial charge in [0.1, 0.15) is 5.75 Å². The predicted octanol–water partition coefficient (Wildman–Crippen LogP) is 3.01. The van der Waals surface area contributed by atoms with E-state index in [1.807, 2.05) is 6.92 Å². The standard InChI is InChI=1S/C15H20Cl2N2O2/c1-2-18-8-11-5-12(16)6-13(17)15(11)21-9-14(20)19-7-10-3-4-10/h5-6,10,18H,2-4,7-9H2,1H3,(H,19,20). The van der Waals surface area contributed by atoms with Gasteiger partial charge in [-0.25, -0.2) is 0 Å². The lowest BCUT2D eigenvalue weighted by atomic mass is 10.2. The van der Waals surface area contributed by atoms with E-state index in [2.05, 4.69) is 10.6 Å². The second kappa shape index (κ2) is 7.87. The number of nitrogens with one attached hydrogen (secondary N) is 2. The summed E-state index contributed by atoms with van der Waals surface area (Å²) < 4.78 is 5.59. The van der Waals surface area contributed by atoms with Crippen LogP contribution in [-0.2, 0) is 11.3 Å². The number of halogens is 2. The van der Waals surface area contributed by atoms with Crippen molar-refractivity contribution in [2.24, 2.45) is 5.92 Å². The second-order valence-electron chi connectivity index (χ2n) is 5.19. The summed E-state index contributed by atoms with van der Waals surface area (Å²) in [7, 11) is 0. The highest BCUT2D eigenvalue weighted by molar-refractivity contribution is 6.35.